The number of nitrogens with zero attached hydrogens (tertiary/aromatic N) is 2. The number of para-hydroxylation sites is 1. The molecular formula is C10H13N3O2S. The van der Waals surface area contributed by atoms with Crippen molar-refractivity contribution in [1.29, 1.82) is 0 Å². The third-order valence-electron chi connectivity index (χ3n) is 2.26. The first kappa shape index (κ1) is 11.1. The molecule has 0 saturated heterocycles. The van der Waals surface area contributed by atoms with Crippen LogP contribution < -0.4 is 10.6 Å². The third kappa shape index (κ3) is 1.94. The van der Waals surface area contributed by atoms with Crippen LogP contribution in [0.15, 0.2) is 33.6 Å². The zero-order chi connectivity index (χ0) is 11.8. The Kier molecular flexibility index (Phi) is 2.69. The van der Waals surface area contributed by atoms with Gasteiger partial charge in [-0.2, -0.15) is 8.42 Å². The van der Waals surface area contributed by atoms with Crippen LogP contribution in [0.3, 0.4) is 0 Å². The van der Waals surface area contributed by atoms with Gasteiger partial charge in [0.2, 0.25) is 0 Å². The minimum atomic E-state index is -3.52. The number of sulfonamides is 1. The molecule has 1 heterocycles. The van der Waals surface area contributed by atoms with Crippen molar-refractivity contribution in [1.82, 2.24) is 0 Å². The van der Waals surface area contributed by atoms with Crippen LogP contribution in [0, 0.1) is 0 Å². The van der Waals surface area contributed by atoms with Crippen LogP contribution in [0.1, 0.15) is 6.92 Å². The van der Waals surface area contributed by atoms with Crippen LogP contribution >= 0.6 is 0 Å². The van der Waals surface area contributed by atoms with Gasteiger partial charge in [0.05, 0.1) is 5.69 Å². The van der Waals surface area contributed by atoms with Crippen LogP contribution in [0.4, 0.5) is 5.69 Å². The molecule has 0 aliphatic carbocycles. The van der Waals surface area contributed by atoms with Crippen LogP contribution in [0.2, 0.25) is 0 Å². The van der Waals surface area contributed by atoms with Gasteiger partial charge in [0.15, 0.2) is 0 Å². The number of rotatable bonds is 2. The highest BCUT2D eigenvalue weighted by Gasteiger charge is 2.24. The van der Waals surface area contributed by atoms with Crippen molar-refractivity contribution in [2.45, 2.75) is 17.9 Å². The summed E-state index contributed by atoms with van der Waals surface area (Å²) in [7, 11) is -3.52. The van der Waals surface area contributed by atoms with E-state index >= 15 is 0 Å². The highest BCUT2D eigenvalue weighted by atomic mass is 32.2. The standard InChI is InChI=1S/C10H13N3O2S/c1-8(11)6-13-7-12-16(14,15)10-5-3-2-4-9(10)13/h2-5,7-8H,6,11H2,1H3. The number of benzene rings is 1. The molecule has 1 aromatic rings. The summed E-state index contributed by atoms with van der Waals surface area (Å²) in [6.07, 6.45) is 1.32. The van der Waals surface area contributed by atoms with Crippen molar-refractivity contribution in [2.24, 2.45) is 10.1 Å². The molecule has 1 aliphatic rings. The van der Waals surface area contributed by atoms with E-state index in [1.807, 2.05) is 6.92 Å². The molecular weight excluding hydrogens is 226 g/mol. The fraction of sp³-hybridized carbons (Fsp3) is 0.300. The number of hydrogen-bond donors (Lipinski definition) is 1. The van der Waals surface area contributed by atoms with Gasteiger partial charge in [-0.15, -0.1) is 4.40 Å². The Labute approximate surface area is 94.6 Å². The fourth-order valence-electron chi connectivity index (χ4n) is 1.61. The first-order valence-corrected chi connectivity index (χ1v) is 6.36. The molecule has 1 unspecified atom stereocenters. The topological polar surface area (TPSA) is 75.8 Å². The van der Waals surface area contributed by atoms with Gasteiger partial charge in [0.25, 0.3) is 10.0 Å². The maximum absolute atomic E-state index is 11.6. The van der Waals surface area contributed by atoms with Crippen molar-refractivity contribution in [3.8, 4) is 0 Å². The lowest BCUT2D eigenvalue weighted by Crippen LogP contribution is -2.37. The smallest absolute Gasteiger partial charge is 0.285 e. The largest absolute Gasteiger partial charge is 0.329 e. The number of anilines is 1. The Hall–Kier alpha value is -1.40. The van der Waals surface area contributed by atoms with E-state index in [-0.39, 0.29) is 10.9 Å². The Balaban J connectivity index is 2.49. The second-order valence-corrected chi connectivity index (χ2v) is 5.39. The monoisotopic (exact) mass is 239 g/mol. The van der Waals surface area contributed by atoms with E-state index < -0.39 is 10.0 Å². The van der Waals surface area contributed by atoms with E-state index in [9.17, 15) is 8.42 Å². The Morgan fingerprint density at radius 2 is 2.12 bits per heavy atom. The summed E-state index contributed by atoms with van der Waals surface area (Å²) in [5.41, 5.74) is 6.33. The van der Waals surface area contributed by atoms with Crippen LogP contribution in [0.5, 0.6) is 0 Å². The zero-order valence-electron chi connectivity index (χ0n) is 8.87. The van der Waals surface area contributed by atoms with Gasteiger partial charge in [0, 0.05) is 12.6 Å². The summed E-state index contributed by atoms with van der Waals surface area (Å²) >= 11 is 0. The Morgan fingerprint density at radius 3 is 2.81 bits per heavy atom. The molecule has 1 atom stereocenters. The van der Waals surface area contributed by atoms with Gasteiger partial charge >= 0.3 is 0 Å². The molecule has 0 spiro atoms. The van der Waals surface area contributed by atoms with Gasteiger partial charge in [0.1, 0.15) is 11.2 Å². The third-order valence-corrected chi connectivity index (χ3v) is 3.54. The minimum Gasteiger partial charge on any atom is -0.329 e. The molecule has 1 aliphatic heterocycles. The molecule has 86 valence electrons. The second-order valence-electron chi connectivity index (χ2n) is 3.79. The van der Waals surface area contributed by atoms with Gasteiger partial charge < -0.3 is 10.6 Å². The number of nitrogens with two attached hydrogens (primary N) is 1. The molecule has 1 aromatic carbocycles. The maximum Gasteiger partial charge on any atom is 0.285 e. The maximum atomic E-state index is 11.6. The molecule has 2 N–H and O–H groups in total. The van der Waals surface area contributed by atoms with Gasteiger partial charge in [-0.05, 0) is 19.1 Å². The summed E-state index contributed by atoms with van der Waals surface area (Å²) in [5.74, 6) is 0. The van der Waals surface area contributed by atoms with Gasteiger partial charge in [-0.3, -0.25) is 0 Å². The lowest BCUT2D eigenvalue weighted by Gasteiger charge is -2.26. The summed E-state index contributed by atoms with van der Waals surface area (Å²) < 4.78 is 26.9. The van der Waals surface area contributed by atoms with Crippen molar-refractivity contribution >= 4 is 22.0 Å². The molecule has 16 heavy (non-hydrogen) atoms. The van der Waals surface area contributed by atoms with Crippen LogP contribution in [-0.4, -0.2) is 27.3 Å². The number of hydrogen-bond acceptors (Lipinski definition) is 4. The van der Waals surface area contributed by atoms with E-state index in [2.05, 4.69) is 4.40 Å². The average Bonchev–Trinajstić information content (AvgIpc) is 2.23. The quantitative estimate of drug-likeness (QED) is 0.818. The average molecular weight is 239 g/mol. The minimum absolute atomic E-state index is 0.0553. The number of fused-ring (bicyclic) bond motifs is 1. The summed E-state index contributed by atoms with van der Waals surface area (Å²) in [6, 6.07) is 6.72. The molecule has 0 radical (unpaired) electrons. The highest BCUT2D eigenvalue weighted by molar-refractivity contribution is 7.90. The first-order valence-electron chi connectivity index (χ1n) is 4.92. The lowest BCUT2D eigenvalue weighted by atomic mass is 10.2. The van der Waals surface area contributed by atoms with Crippen molar-refractivity contribution in [2.75, 3.05) is 11.4 Å². The van der Waals surface area contributed by atoms with Crippen LogP contribution in [-0.2, 0) is 10.0 Å². The van der Waals surface area contributed by atoms with Crippen LogP contribution in [0.25, 0.3) is 0 Å². The van der Waals surface area contributed by atoms with Crippen molar-refractivity contribution in [3.05, 3.63) is 24.3 Å². The van der Waals surface area contributed by atoms with E-state index in [0.717, 1.165) is 0 Å². The van der Waals surface area contributed by atoms with Gasteiger partial charge in [-0.1, -0.05) is 12.1 Å². The van der Waals surface area contributed by atoms with Crippen molar-refractivity contribution < 1.29 is 8.42 Å². The zero-order valence-corrected chi connectivity index (χ0v) is 9.68. The van der Waals surface area contributed by atoms with E-state index in [4.69, 9.17) is 5.73 Å². The molecule has 5 nitrogen and oxygen atoms in total. The molecule has 0 bridgehead atoms. The van der Waals surface area contributed by atoms with Crippen molar-refractivity contribution in [3.63, 3.8) is 0 Å². The SMILES string of the molecule is CC(N)CN1C=NS(=O)(=O)c2ccccc21. The lowest BCUT2D eigenvalue weighted by molar-refractivity contribution is 0.596. The predicted molar refractivity (Wildman–Crippen MR) is 63.1 cm³/mol. The Bertz CT molecular complexity index is 523. The second kappa shape index (κ2) is 3.88. The fourth-order valence-corrected chi connectivity index (χ4v) is 2.66. The molecule has 6 heteroatoms. The summed E-state index contributed by atoms with van der Waals surface area (Å²) in [6.45, 7) is 2.40. The molecule has 0 amide bonds. The molecule has 0 aromatic heterocycles. The van der Waals surface area contributed by atoms with E-state index in [1.54, 1.807) is 29.2 Å². The predicted octanol–water partition coefficient (Wildman–Crippen LogP) is 0.571. The Morgan fingerprint density at radius 1 is 1.44 bits per heavy atom. The normalized spacial score (nSPS) is 19.2. The summed E-state index contributed by atoms with van der Waals surface area (Å²) in [5, 5.41) is 0. The summed E-state index contributed by atoms with van der Waals surface area (Å²) in [4.78, 5) is 1.99. The molecule has 0 fully saturated rings. The molecule has 2 rings (SSSR count). The highest BCUT2D eigenvalue weighted by Crippen LogP contribution is 2.28. The van der Waals surface area contributed by atoms with E-state index in [1.165, 1.54) is 6.34 Å². The molecule has 0 saturated carbocycles. The van der Waals surface area contributed by atoms with E-state index in [0.29, 0.717) is 12.2 Å². The first-order chi connectivity index (χ1) is 7.50. The van der Waals surface area contributed by atoms with Gasteiger partial charge in [-0.25, -0.2) is 0 Å².